The minimum atomic E-state index is -0.712. The summed E-state index contributed by atoms with van der Waals surface area (Å²) in [5.41, 5.74) is 1.31. The zero-order valence-corrected chi connectivity index (χ0v) is 21.3. The summed E-state index contributed by atoms with van der Waals surface area (Å²) in [5.74, 6) is 1.58. The molecule has 0 aliphatic heterocycles. The second-order valence-electron chi connectivity index (χ2n) is 12.0. The molecule has 8 atom stereocenters. The Hall–Kier alpha value is -1.91. The van der Waals surface area contributed by atoms with Gasteiger partial charge in [-0.15, -0.1) is 0 Å². The lowest BCUT2D eigenvalue weighted by atomic mass is 9.47. The Labute approximate surface area is 204 Å². The van der Waals surface area contributed by atoms with E-state index in [4.69, 9.17) is 4.74 Å². The van der Waals surface area contributed by atoms with Gasteiger partial charge < -0.3 is 9.84 Å². The molecule has 4 aliphatic carbocycles. The van der Waals surface area contributed by atoms with E-state index in [2.05, 4.69) is 19.9 Å². The van der Waals surface area contributed by atoms with E-state index in [9.17, 15) is 19.5 Å². The summed E-state index contributed by atoms with van der Waals surface area (Å²) in [4.78, 5) is 35.1. The first-order valence-corrected chi connectivity index (χ1v) is 13.4. The van der Waals surface area contributed by atoms with Crippen molar-refractivity contribution in [3.05, 3.63) is 23.8 Å². The molecule has 1 N–H and O–H groups in total. The number of allylic oxidation sites excluding steroid dienone is 4. The Kier molecular flexibility index (Phi) is 7.13. The van der Waals surface area contributed by atoms with Gasteiger partial charge in [0, 0.05) is 17.8 Å². The fourth-order valence-corrected chi connectivity index (χ4v) is 8.49. The highest BCUT2D eigenvalue weighted by Crippen LogP contribution is 2.67. The topological polar surface area (TPSA) is 80.7 Å². The summed E-state index contributed by atoms with van der Waals surface area (Å²) in [6, 6.07) is 0. The number of ketones is 1. The third-order valence-corrected chi connectivity index (χ3v) is 10.3. The molecule has 4 aliphatic rings. The summed E-state index contributed by atoms with van der Waals surface area (Å²) in [7, 11) is 0. The van der Waals surface area contributed by atoms with Crippen LogP contribution in [0.15, 0.2) is 23.8 Å². The van der Waals surface area contributed by atoms with Gasteiger partial charge in [0.15, 0.2) is 5.78 Å². The smallest absolute Gasteiger partial charge is 0.306 e. The van der Waals surface area contributed by atoms with Gasteiger partial charge in [0.25, 0.3) is 0 Å². The second kappa shape index (κ2) is 9.62. The molecule has 0 aromatic rings. The fraction of sp³-hybridized carbons (Fsp3) is 0.759. The van der Waals surface area contributed by atoms with Crippen molar-refractivity contribution in [2.45, 2.75) is 85.5 Å². The number of carboxylic acid groups (broad SMARTS) is 1. The van der Waals surface area contributed by atoms with E-state index < -0.39 is 5.97 Å². The maximum atomic E-state index is 12.0. The fourth-order valence-electron chi connectivity index (χ4n) is 8.49. The predicted molar refractivity (Wildman–Crippen MR) is 131 cm³/mol. The van der Waals surface area contributed by atoms with E-state index in [1.165, 1.54) is 25.3 Å². The van der Waals surface area contributed by atoms with Crippen molar-refractivity contribution in [2.75, 3.05) is 6.61 Å². The van der Waals surface area contributed by atoms with Gasteiger partial charge in [-0.25, -0.2) is 0 Å². The van der Waals surface area contributed by atoms with E-state index in [0.717, 1.165) is 44.9 Å². The van der Waals surface area contributed by atoms with E-state index in [1.807, 2.05) is 6.08 Å². The van der Waals surface area contributed by atoms with Crippen molar-refractivity contribution >= 4 is 17.7 Å². The lowest BCUT2D eigenvalue weighted by Gasteiger charge is -2.58. The number of carbonyl (C=O) groups is 3. The molecule has 188 valence electrons. The molecular weight excluding hydrogens is 428 g/mol. The van der Waals surface area contributed by atoms with Gasteiger partial charge in [-0.3, -0.25) is 14.4 Å². The zero-order valence-electron chi connectivity index (χ0n) is 21.3. The van der Waals surface area contributed by atoms with E-state index in [1.54, 1.807) is 13.0 Å². The van der Waals surface area contributed by atoms with Crippen LogP contribution in [0.5, 0.6) is 0 Å². The number of carboxylic acids is 1. The molecule has 3 fully saturated rings. The first-order chi connectivity index (χ1) is 16.1. The predicted octanol–water partition coefficient (Wildman–Crippen LogP) is 5.98. The van der Waals surface area contributed by atoms with Crippen molar-refractivity contribution in [2.24, 2.45) is 46.3 Å². The summed E-state index contributed by atoms with van der Waals surface area (Å²) in [6.07, 6.45) is 15.1. The number of carbonyl (C=O) groups excluding carboxylic acids is 2. The van der Waals surface area contributed by atoms with Gasteiger partial charge in [0.05, 0.1) is 12.5 Å². The van der Waals surface area contributed by atoms with Gasteiger partial charge in [-0.1, -0.05) is 45.3 Å². The van der Waals surface area contributed by atoms with Gasteiger partial charge in [-0.2, -0.15) is 0 Å². The number of rotatable bonds is 8. The Balaban J connectivity index is 1.55. The van der Waals surface area contributed by atoms with Crippen LogP contribution in [0.25, 0.3) is 0 Å². The van der Waals surface area contributed by atoms with Crippen molar-refractivity contribution in [1.29, 1.82) is 0 Å². The van der Waals surface area contributed by atoms with Crippen molar-refractivity contribution < 1.29 is 24.2 Å². The summed E-state index contributed by atoms with van der Waals surface area (Å²) >= 11 is 0. The van der Waals surface area contributed by atoms with Crippen molar-refractivity contribution in [3.8, 4) is 0 Å². The van der Waals surface area contributed by atoms with Gasteiger partial charge in [0.2, 0.25) is 0 Å². The highest BCUT2D eigenvalue weighted by atomic mass is 16.5. The Bertz CT molecular complexity index is 887. The minimum Gasteiger partial charge on any atom is -0.481 e. The van der Waals surface area contributed by atoms with Gasteiger partial charge >= 0.3 is 11.9 Å². The first-order valence-electron chi connectivity index (χ1n) is 13.4. The molecule has 5 nitrogen and oxygen atoms in total. The van der Waals surface area contributed by atoms with Crippen LogP contribution in [0.1, 0.15) is 85.5 Å². The van der Waals surface area contributed by atoms with Crippen LogP contribution < -0.4 is 0 Å². The summed E-state index contributed by atoms with van der Waals surface area (Å²) in [6.45, 7) is 8.49. The van der Waals surface area contributed by atoms with Crippen molar-refractivity contribution in [3.63, 3.8) is 0 Å². The Morgan fingerprint density at radius 1 is 1.15 bits per heavy atom. The third-order valence-electron chi connectivity index (χ3n) is 10.3. The molecule has 0 spiro atoms. The molecular formula is C29H42O5. The number of hydrogen-bond acceptors (Lipinski definition) is 4. The lowest BCUT2D eigenvalue weighted by molar-refractivity contribution is -0.153. The molecule has 0 aromatic heterocycles. The zero-order chi connectivity index (χ0) is 24.7. The summed E-state index contributed by atoms with van der Waals surface area (Å²) in [5, 5.41) is 9.23. The molecule has 34 heavy (non-hydrogen) atoms. The number of fused-ring (bicyclic) bond motifs is 5. The average Bonchev–Trinajstić information content (AvgIpc) is 3.18. The van der Waals surface area contributed by atoms with Crippen LogP contribution in [-0.2, 0) is 19.1 Å². The number of ether oxygens (including phenoxy) is 1. The quantitative estimate of drug-likeness (QED) is 0.441. The third kappa shape index (κ3) is 4.40. The average molecular weight is 471 g/mol. The molecule has 0 unspecified atom stereocenters. The molecule has 0 bridgehead atoms. The van der Waals surface area contributed by atoms with E-state index in [0.29, 0.717) is 36.2 Å². The van der Waals surface area contributed by atoms with Crippen LogP contribution in [0.2, 0.25) is 0 Å². The molecule has 0 saturated heterocycles. The normalized spacial score (nSPS) is 38.2. The van der Waals surface area contributed by atoms with Crippen LogP contribution in [-0.4, -0.2) is 29.4 Å². The molecule has 5 heteroatoms. The highest BCUT2D eigenvalue weighted by molar-refractivity contribution is 6.01. The lowest BCUT2D eigenvalue weighted by Crippen LogP contribution is -2.53. The maximum absolute atomic E-state index is 12.0. The second-order valence-corrected chi connectivity index (χ2v) is 12.0. The highest BCUT2D eigenvalue weighted by Gasteiger charge is 2.61. The summed E-state index contributed by atoms with van der Waals surface area (Å²) < 4.78 is 5.78. The number of aliphatic carboxylic acids is 1. The molecule has 0 heterocycles. The standard InChI is InChI=1S/C29H42O5/c1-18(6-5-7-19(2)27(32)33)24-10-11-26-23-9-8-21-16-22(31)12-14-28(21,4)25(23)13-15-29(24,26)17-34-20(3)30/h12,14,16,18-19,23-26H,5-11,13,15,17H2,1-4H3,(H,32,33)/t18-,19+,23-,24-,25+,26+,28+,29+/m1/s1. The number of hydrogen-bond donors (Lipinski definition) is 1. The van der Waals surface area contributed by atoms with Gasteiger partial charge in [-0.05, 0) is 86.7 Å². The Morgan fingerprint density at radius 3 is 2.62 bits per heavy atom. The van der Waals surface area contributed by atoms with Gasteiger partial charge in [0.1, 0.15) is 0 Å². The SMILES string of the molecule is CC(=O)OC[C@]12CC[C@H]3[C@@H](CCC4=CC(=O)C=C[C@@]43C)[C@@H]1CC[C@@H]2[C@H](C)CCC[C@H](C)C(=O)O. The van der Waals surface area contributed by atoms with Crippen LogP contribution in [0, 0.1) is 46.3 Å². The van der Waals surface area contributed by atoms with Crippen molar-refractivity contribution in [1.82, 2.24) is 0 Å². The molecule has 0 aromatic carbocycles. The van der Waals surface area contributed by atoms with Crippen LogP contribution in [0.3, 0.4) is 0 Å². The first kappa shape index (κ1) is 25.2. The van der Waals surface area contributed by atoms with Crippen LogP contribution in [0.4, 0.5) is 0 Å². The van der Waals surface area contributed by atoms with Crippen LogP contribution >= 0.6 is 0 Å². The van der Waals surface area contributed by atoms with E-state index in [-0.39, 0.29) is 28.5 Å². The number of esters is 1. The minimum absolute atomic E-state index is 0.0243. The molecule has 4 rings (SSSR count). The maximum Gasteiger partial charge on any atom is 0.306 e. The van der Waals surface area contributed by atoms with E-state index >= 15 is 0 Å². The largest absolute Gasteiger partial charge is 0.481 e. The molecule has 3 saturated carbocycles. The molecule has 0 radical (unpaired) electrons. The molecule has 0 amide bonds. The monoisotopic (exact) mass is 470 g/mol. The Morgan fingerprint density at radius 2 is 1.91 bits per heavy atom.